The van der Waals surface area contributed by atoms with E-state index in [9.17, 15) is 18.0 Å². The quantitative estimate of drug-likeness (QED) is 0.512. The van der Waals surface area contributed by atoms with Crippen LogP contribution in [0.15, 0.2) is 41.4 Å². The topological polar surface area (TPSA) is 87.9 Å². The highest BCUT2D eigenvalue weighted by Crippen LogP contribution is 2.39. The van der Waals surface area contributed by atoms with Gasteiger partial charge in [0.25, 0.3) is 5.91 Å². The summed E-state index contributed by atoms with van der Waals surface area (Å²) in [6.45, 7) is 0.224. The van der Waals surface area contributed by atoms with Crippen molar-refractivity contribution in [2.45, 2.75) is 25.1 Å². The van der Waals surface area contributed by atoms with Gasteiger partial charge in [-0.15, -0.1) is 11.3 Å². The predicted octanol–water partition coefficient (Wildman–Crippen LogP) is 4.20. The Labute approximate surface area is 171 Å². The average Bonchev–Trinajstić information content (AvgIpc) is 3.44. The van der Waals surface area contributed by atoms with Crippen LogP contribution in [0.5, 0.6) is 0 Å². The Balaban J connectivity index is 1.64. The van der Waals surface area contributed by atoms with Crippen molar-refractivity contribution in [3.63, 3.8) is 0 Å². The second-order valence-corrected chi connectivity index (χ2v) is 7.88. The monoisotopic (exact) mass is 433 g/mol. The molecule has 1 amide bonds. The highest BCUT2D eigenvalue weighted by Gasteiger charge is 2.43. The zero-order valence-electron chi connectivity index (χ0n) is 15.3. The van der Waals surface area contributed by atoms with Crippen molar-refractivity contribution >= 4 is 27.5 Å². The maximum atomic E-state index is 13.3. The maximum Gasteiger partial charge on any atom is 0.437 e. The van der Waals surface area contributed by atoms with E-state index < -0.39 is 29.6 Å². The van der Waals surface area contributed by atoms with Crippen molar-refractivity contribution in [2.75, 3.05) is 6.54 Å². The highest BCUT2D eigenvalue weighted by atomic mass is 32.1. The molecule has 0 bridgehead atoms. The lowest BCUT2D eigenvalue weighted by Gasteiger charge is -2.27. The van der Waals surface area contributed by atoms with Crippen molar-refractivity contribution in [1.29, 1.82) is 0 Å². The van der Waals surface area contributed by atoms with Gasteiger partial charge in [-0.3, -0.25) is 4.79 Å². The lowest BCUT2D eigenvalue weighted by atomic mass is 10.1. The fraction of sp³-hybridized carbons (Fsp3) is 0.263. The molecule has 0 radical (unpaired) electrons. The minimum atomic E-state index is -4.80. The number of oxazole rings is 1. The van der Waals surface area contributed by atoms with E-state index in [1.807, 2.05) is 24.3 Å². The lowest BCUT2D eigenvalue weighted by molar-refractivity contribution is -0.141. The van der Waals surface area contributed by atoms with Gasteiger partial charge in [0, 0.05) is 12.2 Å². The molecule has 11 heteroatoms. The number of rotatable bonds is 2. The van der Waals surface area contributed by atoms with Crippen LogP contribution in [0.25, 0.3) is 10.2 Å². The number of carbonyl (C=O) groups excluding carboxylic acids is 1. The molecule has 7 nitrogen and oxygen atoms in total. The van der Waals surface area contributed by atoms with E-state index in [-0.39, 0.29) is 6.54 Å². The molecule has 1 N–H and O–H groups in total. The summed E-state index contributed by atoms with van der Waals surface area (Å²) in [4.78, 5) is 29.9. The molecule has 3 aromatic heterocycles. The van der Waals surface area contributed by atoms with Crippen LogP contribution in [-0.2, 0) is 12.6 Å². The maximum absolute atomic E-state index is 13.3. The predicted molar refractivity (Wildman–Crippen MR) is 101 cm³/mol. The number of aromatic nitrogens is 4. The molecule has 1 aliphatic rings. The smallest absolute Gasteiger partial charge is 0.437 e. The Morgan fingerprint density at radius 1 is 1.27 bits per heavy atom. The number of hydrogen-bond acceptors (Lipinski definition) is 6. The summed E-state index contributed by atoms with van der Waals surface area (Å²) >= 11 is 1.38. The molecule has 0 aliphatic carbocycles. The molecule has 154 valence electrons. The molecular weight excluding hydrogens is 419 g/mol. The zero-order chi connectivity index (χ0) is 20.9. The minimum Gasteiger partial charge on any atom is -0.438 e. The molecule has 30 heavy (non-hydrogen) atoms. The number of aromatic amines is 1. The number of fused-ring (bicyclic) bond motifs is 2. The van der Waals surface area contributed by atoms with Crippen molar-refractivity contribution in [3.05, 3.63) is 64.8 Å². The van der Waals surface area contributed by atoms with Gasteiger partial charge in [0.05, 0.1) is 22.2 Å². The fourth-order valence-corrected chi connectivity index (χ4v) is 4.76. The van der Waals surface area contributed by atoms with Gasteiger partial charge in [-0.2, -0.15) is 13.2 Å². The Bertz CT molecular complexity index is 1200. The van der Waals surface area contributed by atoms with Crippen LogP contribution in [0, 0.1) is 0 Å². The zero-order valence-corrected chi connectivity index (χ0v) is 16.1. The summed E-state index contributed by atoms with van der Waals surface area (Å²) in [7, 11) is 0. The molecule has 4 heterocycles. The summed E-state index contributed by atoms with van der Waals surface area (Å²) in [6.07, 6.45) is -1.47. The lowest BCUT2D eigenvalue weighted by Crippen LogP contribution is -2.36. The third-order valence-electron chi connectivity index (χ3n) is 4.98. The van der Waals surface area contributed by atoms with Crippen molar-refractivity contribution < 1.29 is 22.4 Å². The number of halogens is 3. The first-order chi connectivity index (χ1) is 14.4. The van der Waals surface area contributed by atoms with E-state index in [1.54, 1.807) is 0 Å². The van der Waals surface area contributed by atoms with Gasteiger partial charge in [-0.1, -0.05) is 12.1 Å². The third-order valence-corrected chi connectivity index (χ3v) is 6.07. The van der Waals surface area contributed by atoms with E-state index >= 15 is 0 Å². The first-order valence-electron chi connectivity index (χ1n) is 9.12. The van der Waals surface area contributed by atoms with Gasteiger partial charge in [-0.25, -0.2) is 15.0 Å². The molecule has 0 spiro atoms. The standard InChI is InChI=1S/C19H14F3N5O2S/c20-19(21,22)16-15(29-9-25-16)18(28)27-7-3-5-11-13(24-8-23-11)14(27)17-26-10-4-1-2-6-12(10)30-17/h1-2,4,6,8-9,14H,3,5,7H2,(H,23,24)/t14-/m0/s1. The second kappa shape index (κ2) is 6.94. The number of H-pyrrole nitrogens is 1. The molecule has 5 rings (SSSR count). The summed E-state index contributed by atoms with van der Waals surface area (Å²) in [5, 5.41) is 0.577. The van der Waals surface area contributed by atoms with Crippen molar-refractivity contribution in [1.82, 2.24) is 24.8 Å². The number of benzene rings is 1. The Hall–Kier alpha value is -3.21. The van der Waals surface area contributed by atoms with E-state index in [1.165, 1.54) is 22.6 Å². The van der Waals surface area contributed by atoms with Crippen LogP contribution >= 0.6 is 11.3 Å². The van der Waals surface area contributed by atoms with E-state index in [2.05, 4.69) is 19.9 Å². The van der Waals surface area contributed by atoms with Crippen LogP contribution in [0.3, 0.4) is 0 Å². The Morgan fingerprint density at radius 3 is 2.90 bits per heavy atom. The summed E-state index contributed by atoms with van der Waals surface area (Å²) in [5.41, 5.74) is 0.833. The van der Waals surface area contributed by atoms with Gasteiger partial charge in [0.1, 0.15) is 11.0 Å². The van der Waals surface area contributed by atoms with Gasteiger partial charge in [0.2, 0.25) is 5.76 Å². The molecule has 0 saturated heterocycles. The number of nitrogens with zero attached hydrogens (tertiary/aromatic N) is 4. The van der Waals surface area contributed by atoms with Crippen LogP contribution in [-0.4, -0.2) is 37.3 Å². The molecule has 0 unspecified atom stereocenters. The molecule has 1 aromatic carbocycles. The second-order valence-electron chi connectivity index (χ2n) is 6.82. The first kappa shape index (κ1) is 18.8. The number of amides is 1. The normalized spacial score (nSPS) is 17.2. The Morgan fingerprint density at radius 2 is 2.10 bits per heavy atom. The van der Waals surface area contributed by atoms with Gasteiger partial charge >= 0.3 is 6.18 Å². The molecule has 1 atom stereocenters. The fourth-order valence-electron chi connectivity index (χ4n) is 3.68. The number of alkyl halides is 3. The Kier molecular flexibility index (Phi) is 4.35. The largest absolute Gasteiger partial charge is 0.438 e. The van der Waals surface area contributed by atoms with Crippen LogP contribution < -0.4 is 0 Å². The van der Waals surface area contributed by atoms with E-state index in [4.69, 9.17) is 4.42 Å². The van der Waals surface area contributed by atoms with Crippen molar-refractivity contribution in [2.24, 2.45) is 0 Å². The van der Waals surface area contributed by atoms with Crippen LogP contribution in [0.2, 0.25) is 0 Å². The number of aryl methyl sites for hydroxylation is 1. The third kappa shape index (κ3) is 3.05. The number of imidazole rings is 1. The number of para-hydroxylation sites is 1. The minimum absolute atomic E-state index is 0.224. The number of thiazole rings is 1. The molecule has 4 aromatic rings. The summed E-state index contributed by atoms with van der Waals surface area (Å²) < 4.78 is 45.8. The molecular formula is C19H14F3N5O2S. The van der Waals surface area contributed by atoms with Gasteiger partial charge in [-0.05, 0) is 25.0 Å². The summed E-state index contributed by atoms with van der Waals surface area (Å²) in [6, 6.07) is 6.76. The summed E-state index contributed by atoms with van der Waals surface area (Å²) in [5.74, 6) is -1.72. The highest BCUT2D eigenvalue weighted by molar-refractivity contribution is 7.18. The SMILES string of the molecule is O=C(c1ocnc1C(F)(F)F)N1CCCc2[nH]cnc2[C@H]1c1nc2ccccc2s1. The average molecular weight is 433 g/mol. The van der Waals surface area contributed by atoms with Crippen LogP contribution in [0.4, 0.5) is 13.2 Å². The first-order valence-corrected chi connectivity index (χ1v) is 9.94. The molecule has 0 fully saturated rings. The van der Waals surface area contributed by atoms with Crippen molar-refractivity contribution in [3.8, 4) is 0 Å². The molecule has 0 saturated carbocycles. The molecule has 1 aliphatic heterocycles. The number of hydrogen-bond donors (Lipinski definition) is 1. The van der Waals surface area contributed by atoms with E-state index in [0.29, 0.717) is 29.9 Å². The van der Waals surface area contributed by atoms with Gasteiger partial charge < -0.3 is 14.3 Å². The van der Waals surface area contributed by atoms with E-state index in [0.717, 1.165) is 15.9 Å². The van der Waals surface area contributed by atoms with Gasteiger partial charge in [0.15, 0.2) is 12.1 Å². The van der Waals surface area contributed by atoms with Crippen LogP contribution in [0.1, 0.15) is 45.1 Å². The number of carbonyl (C=O) groups is 1. The number of nitrogens with one attached hydrogen (secondary N) is 1.